The van der Waals surface area contributed by atoms with Gasteiger partial charge in [0.25, 0.3) is 0 Å². The molecule has 0 aliphatic heterocycles. The molecule has 1 heterocycles. The van der Waals surface area contributed by atoms with E-state index < -0.39 is 5.82 Å². The van der Waals surface area contributed by atoms with Crippen molar-refractivity contribution in [1.82, 2.24) is 25.5 Å². The van der Waals surface area contributed by atoms with Crippen molar-refractivity contribution in [2.75, 3.05) is 6.54 Å². The van der Waals surface area contributed by atoms with Crippen LogP contribution in [0.2, 0.25) is 5.02 Å². The monoisotopic (exact) mass is 269 g/mol. The van der Waals surface area contributed by atoms with Gasteiger partial charge in [0.1, 0.15) is 5.69 Å². The van der Waals surface area contributed by atoms with Gasteiger partial charge in [-0.2, -0.15) is 4.68 Å². The fourth-order valence-corrected chi connectivity index (χ4v) is 1.86. The first-order valence-electron chi connectivity index (χ1n) is 5.61. The summed E-state index contributed by atoms with van der Waals surface area (Å²) in [4.78, 5) is 0. The van der Waals surface area contributed by atoms with Gasteiger partial charge in [0.2, 0.25) is 0 Å². The number of benzene rings is 1. The summed E-state index contributed by atoms with van der Waals surface area (Å²) >= 11 is 5.75. The molecular weight excluding hydrogens is 257 g/mol. The number of hydrogen-bond acceptors (Lipinski definition) is 4. The molecule has 96 valence electrons. The Kier molecular flexibility index (Phi) is 3.88. The third kappa shape index (κ3) is 2.34. The number of nitrogens with one attached hydrogen (secondary N) is 1. The van der Waals surface area contributed by atoms with E-state index in [9.17, 15) is 4.39 Å². The van der Waals surface area contributed by atoms with Crippen LogP contribution in [0, 0.1) is 5.82 Å². The summed E-state index contributed by atoms with van der Waals surface area (Å²) in [5.41, 5.74) is 0.243. The van der Waals surface area contributed by atoms with E-state index in [1.54, 1.807) is 12.1 Å². The Bertz CT molecular complexity index is 542. The summed E-state index contributed by atoms with van der Waals surface area (Å²) in [5.74, 6) is 0.00873. The maximum atomic E-state index is 13.9. The lowest BCUT2D eigenvalue weighted by molar-refractivity contribution is 0.540. The number of halogens is 2. The Hall–Kier alpha value is -1.53. The summed E-state index contributed by atoms with van der Waals surface area (Å²) in [5, 5.41) is 14.5. The van der Waals surface area contributed by atoms with Crippen molar-refractivity contribution < 1.29 is 4.39 Å². The molecule has 0 aliphatic carbocycles. The van der Waals surface area contributed by atoms with E-state index in [2.05, 4.69) is 20.8 Å². The molecule has 2 aromatic rings. The van der Waals surface area contributed by atoms with Crippen LogP contribution in [0.1, 0.15) is 25.7 Å². The highest BCUT2D eigenvalue weighted by molar-refractivity contribution is 6.30. The summed E-state index contributed by atoms with van der Waals surface area (Å²) in [6.07, 6.45) is 0. The van der Waals surface area contributed by atoms with Crippen molar-refractivity contribution >= 4 is 11.6 Å². The van der Waals surface area contributed by atoms with Crippen LogP contribution in [0.3, 0.4) is 0 Å². The summed E-state index contributed by atoms with van der Waals surface area (Å²) in [7, 11) is 0. The molecule has 0 fully saturated rings. The van der Waals surface area contributed by atoms with Crippen LogP contribution in [-0.2, 0) is 0 Å². The maximum absolute atomic E-state index is 13.9. The van der Waals surface area contributed by atoms with Crippen molar-refractivity contribution in [1.29, 1.82) is 0 Å². The van der Waals surface area contributed by atoms with E-state index in [1.165, 1.54) is 10.7 Å². The van der Waals surface area contributed by atoms with Gasteiger partial charge in [0, 0.05) is 0 Å². The molecular formula is C11H13ClFN5. The van der Waals surface area contributed by atoms with Crippen molar-refractivity contribution in [2.24, 2.45) is 0 Å². The number of nitrogens with zero attached hydrogens (tertiary/aromatic N) is 4. The van der Waals surface area contributed by atoms with Crippen LogP contribution >= 0.6 is 11.6 Å². The van der Waals surface area contributed by atoms with Gasteiger partial charge < -0.3 is 5.32 Å². The van der Waals surface area contributed by atoms with Crippen LogP contribution in [0.25, 0.3) is 5.69 Å². The fraction of sp³-hybridized carbons (Fsp3) is 0.364. The molecule has 0 bridgehead atoms. The second kappa shape index (κ2) is 5.41. The van der Waals surface area contributed by atoms with Gasteiger partial charge in [-0.3, -0.25) is 0 Å². The molecule has 0 amide bonds. The molecule has 1 aromatic heterocycles. The first-order chi connectivity index (χ1) is 8.65. The molecule has 2 rings (SSSR count). The van der Waals surface area contributed by atoms with Gasteiger partial charge in [0.05, 0.1) is 11.1 Å². The quantitative estimate of drug-likeness (QED) is 0.924. The zero-order valence-electron chi connectivity index (χ0n) is 10.1. The molecule has 0 saturated carbocycles. The average molecular weight is 270 g/mol. The van der Waals surface area contributed by atoms with Crippen LogP contribution in [-0.4, -0.2) is 26.8 Å². The molecule has 0 spiro atoms. The van der Waals surface area contributed by atoms with E-state index in [4.69, 9.17) is 11.6 Å². The Balaban J connectivity index is 2.45. The molecule has 18 heavy (non-hydrogen) atoms. The van der Waals surface area contributed by atoms with Gasteiger partial charge in [-0.25, -0.2) is 4.39 Å². The highest BCUT2D eigenvalue weighted by atomic mass is 35.5. The summed E-state index contributed by atoms with van der Waals surface area (Å²) < 4.78 is 15.3. The molecule has 0 aliphatic rings. The van der Waals surface area contributed by atoms with Gasteiger partial charge in [-0.15, -0.1) is 5.10 Å². The van der Waals surface area contributed by atoms with Crippen molar-refractivity contribution in [3.05, 3.63) is 34.9 Å². The fourth-order valence-electron chi connectivity index (χ4n) is 1.69. The SMILES string of the molecule is CCNC(C)c1nnnn1-c1cccc(Cl)c1F. The van der Waals surface area contributed by atoms with Crippen molar-refractivity contribution in [2.45, 2.75) is 19.9 Å². The molecule has 0 radical (unpaired) electrons. The van der Waals surface area contributed by atoms with Gasteiger partial charge in [-0.1, -0.05) is 24.6 Å². The lowest BCUT2D eigenvalue weighted by Crippen LogP contribution is -2.22. The Labute approximate surface area is 109 Å². The Morgan fingerprint density at radius 1 is 1.50 bits per heavy atom. The molecule has 5 nitrogen and oxygen atoms in total. The second-order valence-electron chi connectivity index (χ2n) is 3.80. The maximum Gasteiger partial charge on any atom is 0.173 e. The molecule has 7 heteroatoms. The predicted molar refractivity (Wildman–Crippen MR) is 66.2 cm³/mol. The Morgan fingerprint density at radius 3 is 3.00 bits per heavy atom. The average Bonchev–Trinajstić information content (AvgIpc) is 2.82. The number of rotatable bonds is 4. The lowest BCUT2D eigenvalue weighted by Gasteiger charge is -2.12. The minimum atomic E-state index is -0.531. The zero-order chi connectivity index (χ0) is 13.1. The molecule has 1 N–H and O–H groups in total. The smallest absolute Gasteiger partial charge is 0.173 e. The first kappa shape index (κ1) is 12.9. The van der Waals surface area contributed by atoms with Gasteiger partial charge >= 0.3 is 0 Å². The third-order valence-corrected chi connectivity index (χ3v) is 2.84. The highest BCUT2D eigenvalue weighted by Crippen LogP contribution is 2.22. The third-order valence-electron chi connectivity index (χ3n) is 2.55. The minimum absolute atomic E-state index is 0.0463. The van der Waals surface area contributed by atoms with Crippen molar-refractivity contribution in [3.63, 3.8) is 0 Å². The van der Waals surface area contributed by atoms with E-state index >= 15 is 0 Å². The minimum Gasteiger partial charge on any atom is -0.308 e. The second-order valence-corrected chi connectivity index (χ2v) is 4.21. The van der Waals surface area contributed by atoms with E-state index in [1.807, 2.05) is 13.8 Å². The van der Waals surface area contributed by atoms with E-state index in [-0.39, 0.29) is 16.8 Å². The topological polar surface area (TPSA) is 55.6 Å². The van der Waals surface area contributed by atoms with Crippen molar-refractivity contribution in [3.8, 4) is 5.69 Å². The standard InChI is InChI=1S/C11H13ClFN5/c1-3-14-7(2)11-15-16-17-18(11)9-6-4-5-8(12)10(9)13/h4-7,14H,3H2,1-2H3. The van der Waals surface area contributed by atoms with Gasteiger partial charge in [-0.05, 0) is 36.0 Å². The van der Waals surface area contributed by atoms with E-state index in [0.29, 0.717) is 5.82 Å². The number of tetrazole rings is 1. The van der Waals surface area contributed by atoms with Crippen LogP contribution < -0.4 is 5.32 Å². The largest absolute Gasteiger partial charge is 0.308 e. The normalized spacial score (nSPS) is 12.7. The summed E-state index contributed by atoms with van der Waals surface area (Å²) in [6, 6.07) is 4.64. The van der Waals surface area contributed by atoms with E-state index in [0.717, 1.165) is 6.54 Å². The molecule has 0 saturated heterocycles. The summed E-state index contributed by atoms with van der Waals surface area (Å²) in [6.45, 7) is 4.66. The molecule has 1 unspecified atom stereocenters. The zero-order valence-corrected chi connectivity index (χ0v) is 10.8. The first-order valence-corrected chi connectivity index (χ1v) is 5.99. The number of hydrogen-bond donors (Lipinski definition) is 1. The molecule has 1 atom stereocenters. The highest BCUT2D eigenvalue weighted by Gasteiger charge is 2.18. The van der Waals surface area contributed by atoms with Crippen LogP contribution in [0.5, 0.6) is 0 Å². The van der Waals surface area contributed by atoms with Gasteiger partial charge in [0.15, 0.2) is 11.6 Å². The molecule has 1 aromatic carbocycles. The van der Waals surface area contributed by atoms with Crippen LogP contribution in [0.15, 0.2) is 18.2 Å². The Morgan fingerprint density at radius 2 is 2.28 bits per heavy atom. The number of aromatic nitrogens is 4. The lowest BCUT2D eigenvalue weighted by atomic mass is 10.2. The predicted octanol–water partition coefficient (Wildman–Crippen LogP) is 2.13. The van der Waals surface area contributed by atoms with Crippen LogP contribution in [0.4, 0.5) is 4.39 Å².